The van der Waals surface area contributed by atoms with Crippen molar-refractivity contribution < 1.29 is 27.9 Å². The zero-order valence-electron chi connectivity index (χ0n) is 17.3. The van der Waals surface area contributed by atoms with E-state index in [1.807, 2.05) is 24.3 Å². The second kappa shape index (κ2) is 10.4. The molecule has 0 bridgehead atoms. The summed E-state index contributed by atoms with van der Waals surface area (Å²) in [7, 11) is 1.53. The molecule has 0 radical (unpaired) electrons. The summed E-state index contributed by atoms with van der Waals surface area (Å²) in [5.41, 5.74) is 2.30. The Labute approximate surface area is 179 Å². The van der Waals surface area contributed by atoms with E-state index in [0.717, 1.165) is 17.5 Å². The zero-order valence-corrected chi connectivity index (χ0v) is 17.3. The summed E-state index contributed by atoms with van der Waals surface area (Å²) in [5.74, 6) is -0.611. The summed E-state index contributed by atoms with van der Waals surface area (Å²) >= 11 is 0. The third-order valence-corrected chi connectivity index (χ3v) is 4.62. The van der Waals surface area contributed by atoms with Crippen molar-refractivity contribution in [1.82, 2.24) is 10.3 Å². The summed E-state index contributed by atoms with van der Waals surface area (Å²) in [6.45, 7) is 1.98. The Morgan fingerprint density at radius 3 is 2.61 bits per heavy atom. The number of methoxy groups -OCH3 is 1. The molecule has 1 heterocycles. The number of oxazole rings is 1. The van der Waals surface area contributed by atoms with Gasteiger partial charge < -0.3 is 19.2 Å². The first-order chi connectivity index (χ1) is 15.0. The van der Waals surface area contributed by atoms with Crippen molar-refractivity contribution in [3.63, 3.8) is 0 Å². The molecule has 1 aromatic heterocycles. The lowest BCUT2D eigenvalue weighted by atomic mass is 9.98. The van der Waals surface area contributed by atoms with E-state index in [4.69, 9.17) is 13.9 Å². The van der Waals surface area contributed by atoms with Gasteiger partial charge in [-0.2, -0.15) is 0 Å². The van der Waals surface area contributed by atoms with Gasteiger partial charge in [-0.3, -0.25) is 9.59 Å². The maximum absolute atomic E-state index is 13.7. The SMILES string of the molecule is CCOC(=O)CC(Cc1ccc(-c2cc(F)ccc2OC)cc1)NC(=O)c1cnco1. The van der Waals surface area contributed by atoms with Gasteiger partial charge in [0.05, 0.1) is 26.3 Å². The molecule has 0 aliphatic heterocycles. The van der Waals surface area contributed by atoms with E-state index < -0.39 is 17.9 Å². The van der Waals surface area contributed by atoms with Gasteiger partial charge in [-0.05, 0) is 42.7 Å². The van der Waals surface area contributed by atoms with Gasteiger partial charge in [0.25, 0.3) is 5.91 Å². The van der Waals surface area contributed by atoms with Gasteiger partial charge in [-0.15, -0.1) is 0 Å². The second-order valence-corrected chi connectivity index (χ2v) is 6.79. The molecule has 1 N–H and O–H groups in total. The highest BCUT2D eigenvalue weighted by Crippen LogP contribution is 2.30. The Kier molecular flexibility index (Phi) is 7.37. The number of nitrogens with zero attached hydrogens (tertiary/aromatic N) is 1. The third kappa shape index (κ3) is 5.91. The number of esters is 1. The van der Waals surface area contributed by atoms with Crippen molar-refractivity contribution in [1.29, 1.82) is 0 Å². The fraction of sp³-hybridized carbons (Fsp3) is 0.261. The minimum absolute atomic E-state index is 0.00713. The molecule has 0 aliphatic carbocycles. The molecule has 0 saturated heterocycles. The molecule has 3 rings (SSSR count). The number of aromatic nitrogens is 1. The molecule has 7 nitrogen and oxygen atoms in total. The summed E-state index contributed by atoms with van der Waals surface area (Å²) in [6.07, 6.45) is 2.86. The minimum atomic E-state index is -0.508. The number of rotatable bonds is 9. The normalized spacial score (nSPS) is 11.6. The monoisotopic (exact) mass is 426 g/mol. The van der Waals surface area contributed by atoms with Gasteiger partial charge in [-0.25, -0.2) is 9.37 Å². The number of carbonyl (C=O) groups excluding carboxylic acids is 2. The van der Waals surface area contributed by atoms with Crippen LogP contribution in [0.4, 0.5) is 4.39 Å². The van der Waals surface area contributed by atoms with Crippen LogP contribution in [-0.4, -0.2) is 36.6 Å². The maximum atomic E-state index is 13.7. The molecular formula is C23H23FN2O5. The Hall–Kier alpha value is -3.68. The van der Waals surface area contributed by atoms with Crippen molar-refractivity contribution in [3.8, 4) is 16.9 Å². The molecule has 31 heavy (non-hydrogen) atoms. The van der Waals surface area contributed by atoms with E-state index in [1.54, 1.807) is 13.0 Å². The molecule has 1 atom stereocenters. The van der Waals surface area contributed by atoms with Crippen LogP contribution in [0.3, 0.4) is 0 Å². The fourth-order valence-corrected chi connectivity index (χ4v) is 3.19. The average Bonchev–Trinajstić information content (AvgIpc) is 3.29. The second-order valence-electron chi connectivity index (χ2n) is 6.79. The molecule has 162 valence electrons. The van der Waals surface area contributed by atoms with Crippen LogP contribution in [-0.2, 0) is 16.0 Å². The molecule has 2 aromatic carbocycles. The van der Waals surface area contributed by atoms with Crippen LogP contribution in [0.15, 0.2) is 59.5 Å². The van der Waals surface area contributed by atoms with E-state index >= 15 is 0 Å². The van der Waals surface area contributed by atoms with Crippen LogP contribution in [0, 0.1) is 5.82 Å². The topological polar surface area (TPSA) is 90.7 Å². The predicted molar refractivity (Wildman–Crippen MR) is 111 cm³/mol. The van der Waals surface area contributed by atoms with Gasteiger partial charge in [0.15, 0.2) is 6.39 Å². The molecule has 0 aliphatic rings. The van der Waals surface area contributed by atoms with Crippen molar-refractivity contribution in [2.24, 2.45) is 0 Å². The first kappa shape index (κ1) is 22.0. The zero-order chi connectivity index (χ0) is 22.2. The van der Waals surface area contributed by atoms with Crippen LogP contribution in [0.5, 0.6) is 5.75 Å². The minimum Gasteiger partial charge on any atom is -0.496 e. The van der Waals surface area contributed by atoms with E-state index in [2.05, 4.69) is 10.3 Å². The Bertz CT molecular complexity index is 1020. The lowest BCUT2D eigenvalue weighted by molar-refractivity contribution is -0.143. The largest absolute Gasteiger partial charge is 0.496 e. The molecule has 1 unspecified atom stereocenters. The molecule has 0 fully saturated rings. The highest BCUT2D eigenvalue weighted by Gasteiger charge is 2.20. The predicted octanol–water partition coefficient (Wildman–Crippen LogP) is 3.78. The lowest BCUT2D eigenvalue weighted by Crippen LogP contribution is -2.38. The van der Waals surface area contributed by atoms with Crippen LogP contribution < -0.4 is 10.1 Å². The fourth-order valence-electron chi connectivity index (χ4n) is 3.19. The highest BCUT2D eigenvalue weighted by molar-refractivity contribution is 5.91. The third-order valence-electron chi connectivity index (χ3n) is 4.62. The van der Waals surface area contributed by atoms with E-state index in [1.165, 1.54) is 25.4 Å². The highest BCUT2D eigenvalue weighted by atomic mass is 19.1. The van der Waals surface area contributed by atoms with E-state index in [0.29, 0.717) is 17.7 Å². The van der Waals surface area contributed by atoms with Gasteiger partial charge in [0.2, 0.25) is 5.76 Å². The molecule has 8 heteroatoms. The Morgan fingerprint density at radius 1 is 1.19 bits per heavy atom. The molecule has 0 saturated carbocycles. The average molecular weight is 426 g/mol. The Morgan fingerprint density at radius 2 is 1.97 bits per heavy atom. The van der Waals surface area contributed by atoms with Crippen LogP contribution in [0.2, 0.25) is 0 Å². The van der Waals surface area contributed by atoms with Crippen LogP contribution >= 0.6 is 0 Å². The molecule has 3 aromatic rings. The standard InChI is InChI=1S/C23H23FN2O5/c1-3-30-22(27)12-18(26-23(28)21-13-25-14-31-21)10-15-4-6-16(7-5-15)19-11-17(24)8-9-20(19)29-2/h4-9,11,13-14,18H,3,10,12H2,1-2H3,(H,26,28). The number of nitrogens with one attached hydrogen (secondary N) is 1. The van der Waals surface area contributed by atoms with Crippen molar-refractivity contribution >= 4 is 11.9 Å². The van der Waals surface area contributed by atoms with Crippen LogP contribution in [0.25, 0.3) is 11.1 Å². The van der Waals surface area contributed by atoms with Crippen molar-refractivity contribution in [2.75, 3.05) is 13.7 Å². The van der Waals surface area contributed by atoms with Crippen LogP contribution in [0.1, 0.15) is 29.5 Å². The number of hydrogen-bond donors (Lipinski definition) is 1. The summed E-state index contributed by atoms with van der Waals surface area (Å²) in [5, 5.41) is 2.79. The van der Waals surface area contributed by atoms with Crippen molar-refractivity contribution in [2.45, 2.75) is 25.8 Å². The molecule has 1 amide bonds. The quantitative estimate of drug-likeness (QED) is 0.524. The smallest absolute Gasteiger partial charge is 0.307 e. The van der Waals surface area contributed by atoms with Gasteiger partial charge in [-0.1, -0.05) is 24.3 Å². The van der Waals surface area contributed by atoms with E-state index in [9.17, 15) is 14.0 Å². The number of amides is 1. The first-order valence-electron chi connectivity index (χ1n) is 9.78. The first-order valence-corrected chi connectivity index (χ1v) is 9.78. The van der Waals surface area contributed by atoms with Gasteiger partial charge in [0.1, 0.15) is 11.6 Å². The Balaban J connectivity index is 1.76. The number of hydrogen-bond acceptors (Lipinski definition) is 6. The van der Waals surface area contributed by atoms with E-state index in [-0.39, 0.29) is 24.6 Å². The molecular weight excluding hydrogens is 403 g/mol. The number of carbonyl (C=O) groups is 2. The molecule has 0 spiro atoms. The number of benzene rings is 2. The van der Waals surface area contributed by atoms with Gasteiger partial charge in [0, 0.05) is 11.6 Å². The lowest BCUT2D eigenvalue weighted by Gasteiger charge is -2.18. The van der Waals surface area contributed by atoms with Gasteiger partial charge >= 0.3 is 5.97 Å². The number of halogens is 1. The number of ether oxygens (including phenoxy) is 2. The summed E-state index contributed by atoms with van der Waals surface area (Å²) < 4.78 is 29.0. The summed E-state index contributed by atoms with van der Waals surface area (Å²) in [4.78, 5) is 28.1. The van der Waals surface area contributed by atoms with Crippen molar-refractivity contribution in [3.05, 3.63) is 72.2 Å². The summed E-state index contributed by atoms with van der Waals surface area (Å²) in [6, 6.07) is 11.2. The maximum Gasteiger partial charge on any atom is 0.307 e.